The van der Waals surface area contributed by atoms with E-state index in [0.717, 1.165) is 31.6 Å². The number of carbonyl (C=O) groups is 3. The van der Waals surface area contributed by atoms with Crippen LogP contribution in [0.15, 0.2) is 64.6 Å². The van der Waals surface area contributed by atoms with Crippen LogP contribution >= 0.6 is 27.5 Å². The maximum atomic E-state index is 13.3. The lowest BCUT2D eigenvalue weighted by molar-refractivity contribution is -0.122. The van der Waals surface area contributed by atoms with Crippen LogP contribution in [-0.2, 0) is 16.0 Å². The summed E-state index contributed by atoms with van der Waals surface area (Å²) in [5.74, 6) is -0.958. The van der Waals surface area contributed by atoms with E-state index in [-0.39, 0.29) is 5.57 Å². The minimum atomic E-state index is -0.787. The molecule has 1 heterocycles. The molecule has 1 aliphatic heterocycles. The molecule has 1 N–H and O–H groups in total. The van der Waals surface area contributed by atoms with Gasteiger partial charge in [0.05, 0.1) is 12.8 Å². The van der Waals surface area contributed by atoms with Crippen LogP contribution in [0.25, 0.3) is 6.08 Å². The Labute approximate surface area is 216 Å². The lowest BCUT2D eigenvalue weighted by Gasteiger charge is -2.28. The first kappa shape index (κ1) is 24.7. The first-order valence-corrected chi connectivity index (χ1v) is 12.0. The van der Waals surface area contributed by atoms with E-state index in [1.54, 1.807) is 24.3 Å². The average Bonchev–Trinajstić information content (AvgIpc) is 2.82. The highest BCUT2D eigenvalue weighted by molar-refractivity contribution is 9.10. The number of hydrogen-bond acceptors (Lipinski definition) is 4. The molecular weight excluding hydrogens is 532 g/mol. The molecule has 0 bridgehead atoms. The highest BCUT2D eigenvalue weighted by Gasteiger charge is 2.37. The fraction of sp³-hybridized carbons (Fsp3) is 0.148. The summed E-state index contributed by atoms with van der Waals surface area (Å²) in [7, 11) is 1.53. The molecule has 1 aliphatic rings. The Kier molecular flexibility index (Phi) is 7.10. The van der Waals surface area contributed by atoms with Crippen LogP contribution in [0, 0.1) is 13.8 Å². The first-order chi connectivity index (χ1) is 16.7. The van der Waals surface area contributed by atoms with Crippen LogP contribution in [0.3, 0.4) is 0 Å². The molecule has 0 unspecified atom stereocenters. The molecule has 3 aromatic carbocycles. The number of aryl methyl sites for hydroxylation is 1. The summed E-state index contributed by atoms with van der Waals surface area (Å²) < 4.78 is 6.53. The quantitative estimate of drug-likeness (QED) is 0.311. The lowest BCUT2D eigenvalue weighted by atomic mass is 10.00. The Hall–Kier alpha value is -3.42. The zero-order chi connectivity index (χ0) is 25.3. The van der Waals surface area contributed by atoms with Gasteiger partial charge in [-0.2, -0.15) is 0 Å². The Morgan fingerprint density at radius 1 is 1.06 bits per heavy atom. The number of anilines is 1. The molecule has 0 atom stereocenters. The van der Waals surface area contributed by atoms with Crippen molar-refractivity contribution in [2.45, 2.75) is 20.3 Å². The second-order valence-corrected chi connectivity index (χ2v) is 9.39. The topological polar surface area (TPSA) is 75.7 Å². The van der Waals surface area contributed by atoms with Gasteiger partial charge in [0.2, 0.25) is 0 Å². The van der Waals surface area contributed by atoms with E-state index in [1.807, 2.05) is 44.2 Å². The van der Waals surface area contributed by atoms with Crippen LogP contribution in [0.1, 0.15) is 27.8 Å². The maximum Gasteiger partial charge on any atom is 0.335 e. The predicted octanol–water partition coefficient (Wildman–Crippen LogP) is 5.99. The van der Waals surface area contributed by atoms with Crippen molar-refractivity contribution in [3.05, 3.63) is 97.5 Å². The van der Waals surface area contributed by atoms with Gasteiger partial charge in [0, 0.05) is 21.5 Å². The van der Waals surface area contributed by atoms with Gasteiger partial charge in [0.15, 0.2) is 0 Å². The lowest BCUT2D eigenvalue weighted by Crippen LogP contribution is -2.54. The fourth-order valence-corrected chi connectivity index (χ4v) is 4.63. The zero-order valence-corrected chi connectivity index (χ0v) is 21.7. The van der Waals surface area contributed by atoms with E-state index in [2.05, 4.69) is 21.2 Å². The minimum Gasteiger partial charge on any atom is -0.496 e. The summed E-state index contributed by atoms with van der Waals surface area (Å²) in [5.41, 5.74) is 4.23. The Morgan fingerprint density at radius 3 is 2.51 bits per heavy atom. The number of rotatable bonds is 5. The molecule has 4 amide bonds. The number of hydrogen-bond donors (Lipinski definition) is 1. The van der Waals surface area contributed by atoms with Gasteiger partial charge in [-0.1, -0.05) is 57.9 Å². The predicted molar refractivity (Wildman–Crippen MR) is 140 cm³/mol. The van der Waals surface area contributed by atoms with Crippen molar-refractivity contribution in [2.24, 2.45) is 0 Å². The molecule has 0 saturated carbocycles. The van der Waals surface area contributed by atoms with Crippen LogP contribution in [-0.4, -0.2) is 25.0 Å². The van der Waals surface area contributed by atoms with Crippen LogP contribution in [0.4, 0.5) is 10.5 Å². The molecule has 0 aromatic heterocycles. The van der Waals surface area contributed by atoms with Gasteiger partial charge < -0.3 is 4.74 Å². The molecule has 3 aromatic rings. The number of methoxy groups -OCH3 is 1. The number of halogens is 2. The van der Waals surface area contributed by atoms with Gasteiger partial charge in [-0.3, -0.25) is 14.9 Å². The van der Waals surface area contributed by atoms with Gasteiger partial charge in [0.1, 0.15) is 11.3 Å². The second-order valence-electron chi connectivity index (χ2n) is 8.13. The van der Waals surface area contributed by atoms with Crippen molar-refractivity contribution in [2.75, 3.05) is 12.0 Å². The van der Waals surface area contributed by atoms with Gasteiger partial charge in [0.25, 0.3) is 11.8 Å². The summed E-state index contributed by atoms with van der Waals surface area (Å²) in [6.07, 6.45) is 1.94. The molecule has 0 radical (unpaired) electrons. The van der Waals surface area contributed by atoms with Gasteiger partial charge >= 0.3 is 6.03 Å². The summed E-state index contributed by atoms with van der Waals surface area (Å²) in [5, 5.41) is 2.69. The summed E-state index contributed by atoms with van der Waals surface area (Å²) in [6, 6.07) is 15.7. The van der Waals surface area contributed by atoms with Crippen molar-refractivity contribution >= 4 is 57.1 Å². The smallest absolute Gasteiger partial charge is 0.335 e. The molecule has 4 rings (SSSR count). The number of urea groups is 1. The maximum absolute atomic E-state index is 13.3. The highest BCUT2D eigenvalue weighted by atomic mass is 79.9. The number of ether oxygens (including phenoxy) is 1. The molecule has 0 aliphatic carbocycles. The third-order valence-corrected chi connectivity index (χ3v) is 7.06. The van der Waals surface area contributed by atoms with E-state index in [0.29, 0.717) is 28.4 Å². The number of imide groups is 2. The SMILES string of the molecule is COc1cc(/C=C2\C(=O)NC(=O)N(c3cccc(C)c3C)C2=O)cc(Cl)c1Cc1ccccc1Br. The summed E-state index contributed by atoms with van der Waals surface area (Å²) in [4.78, 5) is 39.5. The van der Waals surface area contributed by atoms with Crippen LogP contribution in [0.5, 0.6) is 5.75 Å². The molecule has 6 nitrogen and oxygen atoms in total. The van der Waals surface area contributed by atoms with E-state index in [4.69, 9.17) is 16.3 Å². The second kappa shape index (κ2) is 10.1. The number of carbonyl (C=O) groups excluding carboxylic acids is 3. The Morgan fingerprint density at radius 2 is 1.80 bits per heavy atom. The number of nitrogens with zero attached hydrogens (tertiary/aromatic N) is 1. The van der Waals surface area contributed by atoms with E-state index in [1.165, 1.54) is 13.2 Å². The highest BCUT2D eigenvalue weighted by Crippen LogP contribution is 2.34. The molecule has 1 fully saturated rings. The van der Waals surface area contributed by atoms with E-state index in [9.17, 15) is 14.4 Å². The third kappa shape index (κ3) is 4.88. The zero-order valence-electron chi connectivity index (χ0n) is 19.3. The van der Waals surface area contributed by atoms with Crippen molar-refractivity contribution < 1.29 is 19.1 Å². The standard InChI is InChI=1S/C27H22BrClN2O4/c1-15-7-6-10-23(16(15)2)31-26(33)20(25(32)30-27(31)34)11-17-12-22(29)19(24(13-17)35-3)14-18-8-4-5-9-21(18)28/h4-13H,14H2,1-3H3,(H,30,32,34)/b20-11+. The van der Waals surface area contributed by atoms with Crippen LogP contribution in [0.2, 0.25) is 5.02 Å². The number of nitrogens with one attached hydrogen (secondary N) is 1. The largest absolute Gasteiger partial charge is 0.496 e. The first-order valence-electron chi connectivity index (χ1n) is 10.8. The molecule has 1 saturated heterocycles. The number of benzene rings is 3. The summed E-state index contributed by atoms with van der Waals surface area (Å²) >= 11 is 10.2. The molecule has 0 spiro atoms. The van der Waals surface area contributed by atoms with E-state index < -0.39 is 17.8 Å². The Balaban J connectivity index is 1.73. The van der Waals surface area contributed by atoms with Crippen molar-refractivity contribution in [3.8, 4) is 5.75 Å². The van der Waals surface area contributed by atoms with Gasteiger partial charge in [-0.05, 0) is 66.4 Å². The van der Waals surface area contributed by atoms with Crippen molar-refractivity contribution in [1.29, 1.82) is 0 Å². The molecular formula is C27H22BrClN2O4. The fourth-order valence-electron chi connectivity index (χ4n) is 3.92. The minimum absolute atomic E-state index is 0.179. The van der Waals surface area contributed by atoms with E-state index >= 15 is 0 Å². The third-order valence-electron chi connectivity index (χ3n) is 5.95. The number of barbiturate groups is 1. The average molecular weight is 554 g/mol. The van der Waals surface area contributed by atoms with Gasteiger partial charge in [-0.15, -0.1) is 0 Å². The molecule has 178 valence electrons. The normalized spacial score (nSPS) is 14.9. The molecule has 35 heavy (non-hydrogen) atoms. The monoisotopic (exact) mass is 552 g/mol. The van der Waals surface area contributed by atoms with Crippen molar-refractivity contribution in [1.82, 2.24) is 5.32 Å². The van der Waals surface area contributed by atoms with Crippen molar-refractivity contribution in [3.63, 3.8) is 0 Å². The number of amides is 4. The van der Waals surface area contributed by atoms with Gasteiger partial charge in [-0.25, -0.2) is 9.69 Å². The summed E-state index contributed by atoms with van der Waals surface area (Å²) in [6.45, 7) is 3.70. The van der Waals surface area contributed by atoms with Crippen LogP contribution < -0.4 is 15.0 Å². The molecule has 8 heteroatoms. The Bertz CT molecular complexity index is 1400.